The summed E-state index contributed by atoms with van der Waals surface area (Å²) in [6.07, 6.45) is 3.51. The predicted molar refractivity (Wildman–Crippen MR) is 64.5 cm³/mol. The van der Waals surface area contributed by atoms with E-state index in [0.717, 1.165) is 12.4 Å². The Hall–Kier alpha value is -1.40. The largest absolute Gasteiger partial charge is 0.383 e. The third kappa shape index (κ3) is 4.97. The summed E-state index contributed by atoms with van der Waals surface area (Å²) in [5, 5.41) is 5.95. The summed E-state index contributed by atoms with van der Waals surface area (Å²) in [5.41, 5.74) is 0. The molecule has 1 aromatic heterocycles. The first-order valence-electron chi connectivity index (χ1n) is 5.74. The number of ether oxygens (including phenoxy) is 1. The van der Waals surface area contributed by atoms with Crippen LogP contribution in [-0.2, 0) is 22.6 Å². The predicted octanol–water partition coefficient (Wildman–Crippen LogP) is -0.245. The van der Waals surface area contributed by atoms with E-state index in [1.807, 2.05) is 17.7 Å². The van der Waals surface area contributed by atoms with Gasteiger partial charge in [-0.25, -0.2) is 4.98 Å². The zero-order chi connectivity index (χ0) is 12.5. The molecule has 6 heteroatoms. The van der Waals surface area contributed by atoms with Gasteiger partial charge in [-0.05, 0) is 6.54 Å². The average Bonchev–Trinajstić information content (AvgIpc) is 2.74. The first-order valence-corrected chi connectivity index (χ1v) is 5.74. The fraction of sp³-hybridized carbons (Fsp3) is 0.636. The van der Waals surface area contributed by atoms with Crippen LogP contribution in [0.15, 0.2) is 12.4 Å². The van der Waals surface area contributed by atoms with Crippen molar-refractivity contribution in [2.24, 2.45) is 0 Å². The van der Waals surface area contributed by atoms with Crippen molar-refractivity contribution in [1.82, 2.24) is 20.2 Å². The van der Waals surface area contributed by atoms with Crippen LogP contribution in [0.3, 0.4) is 0 Å². The monoisotopic (exact) mass is 240 g/mol. The molecule has 0 aromatic carbocycles. The molecule has 0 radical (unpaired) electrons. The molecule has 6 nitrogen and oxygen atoms in total. The Morgan fingerprint density at radius 1 is 1.59 bits per heavy atom. The van der Waals surface area contributed by atoms with Crippen LogP contribution in [0.4, 0.5) is 0 Å². The number of hydrogen-bond donors (Lipinski definition) is 2. The molecule has 0 fully saturated rings. The summed E-state index contributed by atoms with van der Waals surface area (Å²) in [5.74, 6) is 0.839. The molecule has 0 aliphatic heterocycles. The van der Waals surface area contributed by atoms with Crippen molar-refractivity contribution < 1.29 is 9.53 Å². The lowest BCUT2D eigenvalue weighted by Crippen LogP contribution is -2.31. The topological polar surface area (TPSA) is 68.2 Å². The standard InChI is InChI=1S/C11H20N4O2/c1-3-12-8-10-13-4-6-15(10)9-11(16)14-5-7-17-2/h4,6,12H,3,5,7-9H2,1-2H3,(H,14,16). The third-order valence-electron chi connectivity index (χ3n) is 2.28. The number of imidazole rings is 1. The molecule has 0 aliphatic carbocycles. The highest BCUT2D eigenvalue weighted by Crippen LogP contribution is 1.97. The van der Waals surface area contributed by atoms with Crippen molar-refractivity contribution in [3.8, 4) is 0 Å². The lowest BCUT2D eigenvalue weighted by Gasteiger charge is -2.08. The van der Waals surface area contributed by atoms with Gasteiger partial charge in [0.25, 0.3) is 0 Å². The van der Waals surface area contributed by atoms with Crippen LogP contribution in [-0.4, -0.2) is 42.3 Å². The van der Waals surface area contributed by atoms with Gasteiger partial charge in [-0.2, -0.15) is 0 Å². The molecular formula is C11H20N4O2. The molecule has 2 N–H and O–H groups in total. The Morgan fingerprint density at radius 3 is 3.12 bits per heavy atom. The lowest BCUT2D eigenvalue weighted by atomic mass is 10.5. The molecule has 0 spiro atoms. The van der Waals surface area contributed by atoms with Gasteiger partial charge in [0.05, 0.1) is 13.2 Å². The molecule has 1 aromatic rings. The van der Waals surface area contributed by atoms with Crippen LogP contribution in [0.1, 0.15) is 12.7 Å². The van der Waals surface area contributed by atoms with Gasteiger partial charge in [0.15, 0.2) is 0 Å². The average molecular weight is 240 g/mol. The van der Waals surface area contributed by atoms with Crippen LogP contribution in [0.2, 0.25) is 0 Å². The summed E-state index contributed by atoms with van der Waals surface area (Å²) in [7, 11) is 1.61. The minimum Gasteiger partial charge on any atom is -0.383 e. The van der Waals surface area contributed by atoms with Crippen molar-refractivity contribution in [2.75, 3.05) is 26.8 Å². The zero-order valence-corrected chi connectivity index (χ0v) is 10.4. The van der Waals surface area contributed by atoms with Crippen LogP contribution in [0.5, 0.6) is 0 Å². The van der Waals surface area contributed by atoms with Gasteiger partial charge in [0.1, 0.15) is 12.4 Å². The van der Waals surface area contributed by atoms with Crippen molar-refractivity contribution in [1.29, 1.82) is 0 Å². The van der Waals surface area contributed by atoms with E-state index in [1.54, 1.807) is 13.3 Å². The van der Waals surface area contributed by atoms with E-state index in [1.165, 1.54) is 0 Å². The fourth-order valence-corrected chi connectivity index (χ4v) is 1.39. The molecule has 1 heterocycles. The van der Waals surface area contributed by atoms with E-state index in [0.29, 0.717) is 26.2 Å². The second-order valence-electron chi connectivity index (χ2n) is 3.59. The summed E-state index contributed by atoms with van der Waals surface area (Å²) < 4.78 is 6.70. The highest BCUT2D eigenvalue weighted by Gasteiger charge is 2.06. The normalized spacial score (nSPS) is 10.5. The van der Waals surface area contributed by atoms with E-state index in [4.69, 9.17) is 4.74 Å². The van der Waals surface area contributed by atoms with E-state index in [-0.39, 0.29) is 5.91 Å². The van der Waals surface area contributed by atoms with Crippen molar-refractivity contribution in [2.45, 2.75) is 20.0 Å². The zero-order valence-electron chi connectivity index (χ0n) is 10.4. The first-order chi connectivity index (χ1) is 8.27. The third-order valence-corrected chi connectivity index (χ3v) is 2.28. The van der Waals surface area contributed by atoms with Crippen molar-refractivity contribution in [3.05, 3.63) is 18.2 Å². The maximum Gasteiger partial charge on any atom is 0.240 e. The number of amides is 1. The molecule has 1 rings (SSSR count). The number of carbonyl (C=O) groups is 1. The van der Waals surface area contributed by atoms with Gasteiger partial charge in [-0.1, -0.05) is 6.92 Å². The molecule has 1 amide bonds. The van der Waals surface area contributed by atoms with Gasteiger partial charge in [0, 0.05) is 26.0 Å². The minimum atomic E-state index is -0.0298. The van der Waals surface area contributed by atoms with Crippen molar-refractivity contribution in [3.63, 3.8) is 0 Å². The van der Waals surface area contributed by atoms with E-state index < -0.39 is 0 Å². The van der Waals surface area contributed by atoms with Gasteiger partial charge < -0.3 is 19.9 Å². The SMILES string of the molecule is CCNCc1nccn1CC(=O)NCCOC. The van der Waals surface area contributed by atoms with Crippen molar-refractivity contribution >= 4 is 5.91 Å². The number of hydrogen-bond acceptors (Lipinski definition) is 4. The molecule has 96 valence electrons. The van der Waals surface area contributed by atoms with Gasteiger partial charge >= 0.3 is 0 Å². The highest BCUT2D eigenvalue weighted by molar-refractivity contribution is 5.75. The first kappa shape index (κ1) is 13.7. The summed E-state index contributed by atoms with van der Waals surface area (Å²) in [4.78, 5) is 15.8. The summed E-state index contributed by atoms with van der Waals surface area (Å²) in [6, 6.07) is 0. The number of carbonyl (C=O) groups excluding carboxylic acids is 1. The van der Waals surface area contributed by atoms with Gasteiger partial charge in [-0.3, -0.25) is 4.79 Å². The molecular weight excluding hydrogens is 220 g/mol. The second-order valence-corrected chi connectivity index (χ2v) is 3.59. The number of nitrogens with zero attached hydrogens (tertiary/aromatic N) is 2. The Bertz CT molecular complexity index is 338. The van der Waals surface area contributed by atoms with Crippen LogP contribution >= 0.6 is 0 Å². The van der Waals surface area contributed by atoms with Gasteiger partial charge in [-0.15, -0.1) is 0 Å². The van der Waals surface area contributed by atoms with E-state index in [9.17, 15) is 4.79 Å². The highest BCUT2D eigenvalue weighted by atomic mass is 16.5. The minimum absolute atomic E-state index is 0.0298. The molecule has 0 saturated heterocycles. The number of aromatic nitrogens is 2. The maximum atomic E-state index is 11.6. The second kappa shape index (κ2) is 7.81. The molecule has 0 atom stereocenters. The molecule has 17 heavy (non-hydrogen) atoms. The Morgan fingerprint density at radius 2 is 2.41 bits per heavy atom. The van der Waals surface area contributed by atoms with Crippen LogP contribution in [0, 0.1) is 0 Å². The van der Waals surface area contributed by atoms with E-state index >= 15 is 0 Å². The summed E-state index contributed by atoms with van der Waals surface area (Å²) in [6.45, 7) is 4.95. The number of nitrogens with one attached hydrogen (secondary N) is 2. The number of rotatable bonds is 8. The smallest absolute Gasteiger partial charge is 0.240 e. The Labute approximate surface area is 101 Å². The number of methoxy groups -OCH3 is 1. The van der Waals surface area contributed by atoms with Crippen LogP contribution < -0.4 is 10.6 Å². The summed E-state index contributed by atoms with van der Waals surface area (Å²) >= 11 is 0. The van der Waals surface area contributed by atoms with E-state index in [2.05, 4.69) is 15.6 Å². The molecule has 0 unspecified atom stereocenters. The molecule has 0 saturated carbocycles. The Kier molecular flexibility index (Phi) is 6.27. The maximum absolute atomic E-state index is 11.6. The lowest BCUT2D eigenvalue weighted by molar-refractivity contribution is -0.121. The molecule has 0 aliphatic rings. The molecule has 0 bridgehead atoms. The van der Waals surface area contributed by atoms with Gasteiger partial charge in [0.2, 0.25) is 5.91 Å². The van der Waals surface area contributed by atoms with Crippen LogP contribution in [0.25, 0.3) is 0 Å². The Balaban J connectivity index is 2.39. The quantitative estimate of drug-likeness (QED) is 0.615. The fourth-order valence-electron chi connectivity index (χ4n) is 1.39.